The highest BCUT2D eigenvalue weighted by Crippen LogP contribution is 2.24. The summed E-state index contributed by atoms with van der Waals surface area (Å²) in [7, 11) is 0. The van der Waals surface area contributed by atoms with Gasteiger partial charge in [0, 0.05) is 0 Å². The Bertz CT molecular complexity index is 397. The summed E-state index contributed by atoms with van der Waals surface area (Å²) < 4.78 is 10.1. The Labute approximate surface area is 85.9 Å². The summed E-state index contributed by atoms with van der Waals surface area (Å²) in [5, 5.41) is 3.56. The summed E-state index contributed by atoms with van der Waals surface area (Å²) in [6, 6.07) is 3.52. The summed E-state index contributed by atoms with van der Waals surface area (Å²) in [5.41, 5.74) is 0. The average Bonchev–Trinajstić information content (AvgIpc) is 2.86. The lowest BCUT2D eigenvalue weighted by Gasteiger charge is -1.95. The smallest absolute Gasteiger partial charge is 0.293 e. The SMILES string of the molecule is CCC(Cl)c1noc(-c2ccco2)n1. The maximum Gasteiger partial charge on any atom is 0.293 e. The second-order valence-corrected chi connectivity index (χ2v) is 3.34. The lowest BCUT2D eigenvalue weighted by molar-refractivity contribution is 0.408. The average molecular weight is 213 g/mol. The van der Waals surface area contributed by atoms with E-state index in [2.05, 4.69) is 10.1 Å². The summed E-state index contributed by atoms with van der Waals surface area (Å²) in [4.78, 5) is 4.12. The molecule has 1 atom stereocenters. The molecule has 14 heavy (non-hydrogen) atoms. The van der Waals surface area contributed by atoms with Crippen LogP contribution < -0.4 is 0 Å². The van der Waals surface area contributed by atoms with Crippen LogP contribution in [-0.4, -0.2) is 10.1 Å². The van der Waals surface area contributed by atoms with Gasteiger partial charge in [-0.15, -0.1) is 11.6 Å². The number of rotatable bonds is 3. The Morgan fingerprint density at radius 3 is 3.07 bits per heavy atom. The van der Waals surface area contributed by atoms with Crippen molar-refractivity contribution in [3.05, 3.63) is 24.2 Å². The van der Waals surface area contributed by atoms with Crippen molar-refractivity contribution in [3.8, 4) is 11.7 Å². The van der Waals surface area contributed by atoms with E-state index in [0.29, 0.717) is 17.5 Å². The molecule has 0 fully saturated rings. The van der Waals surface area contributed by atoms with Crippen LogP contribution in [-0.2, 0) is 0 Å². The Hall–Kier alpha value is -1.29. The predicted molar refractivity (Wildman–Crippen MR) is 50.9 cm³/mol. The topological polar surface area (TPSA) is 52.1 Å². The highest BCUT2D eigenvalue weighted by molar-refractivity contribution is 6.20. The van der Waals surface area contributed by atoms with Crippen LogP contribution in [0.4, 0.5) is 0 Å². The van der Waals surface area contributed by atoms with Crippen LogP contribution in [0.25, 0.3) is 11.7 Å². The Morgan fingerprint density at radius 2 is 2.43 bits per heavy atom. The third-order valence-electron chi connectivity index (χ3n) is 1.81. The molecule has 0 saturated carbocycles. The van der Waals surface area contributed by atoms with Crippen molar-refractivity contribution in [1.29, 1.82) is 0 Å². The number of alkyl halides is 1. The van der Waals surface area contributed by atoms with Crippen LogP contribution in [0.5, 0.6) is 0 Å². The minimum absolute atomic E-state index is 0.206. The lowest BCUT2D eigenvalue weighted by atomic mass is 10.3. The number of hydrogen-bond acceptors (Lipinski definition) is 4. The molecule has 0 saturated heterocycles. The lowest BCUT2D eigenvalue weighted by Crippen LogP contribution is -1.90. The van der Waals surface area contributed by atoms with E-state index >= 15 is 0 Å². The summed E-state index contributed by atoms with van der Waals surface area (Å²) in [6.45, 7) is 1.96. The molecule has 5 heteroatoms. The van der Waals surface area contributed by atoms with E-state index in [1.807, 2.05) is 6.92 Å². The highest BCUT2D eigenvalue weighted by atomic mass is 35.5. The van der Waals surface area contributed by atoms with Crippen LogP contribution in [0.3, 0.4) is 0 Å². The number of halogens is 1. The Balaban J connectivity index is 2.26. The van der Waals surface area contributed by atoms with Crippen molar-refractivity contribution < 1.29 is 8.94 Å². The van der Waals surface area contributed by atoms with Gasteiger partial charge in [0.25, 0.3) is 5.89 Å². The van der Waals surface area contributed by atoms with Gasteiger partial charge in [-0.3, -0.25) is 0 Å². The van der Waals surface area contributed by atoms with Gasteiger partial charge in [0.1, 0.15) is 0 Å². The second-order valence-electron chi connectivity index (χ2n) is 2.81. The molecule has 0 bridgehead atoms. The molecule has 0 amide bonds. The molecule has 0 radical (unpaired) electrons. The van der Waals surface area contributed by atoms with Gasteiger partial charge in [-0.25, -0.2) is 0 Å². The van der Waals surface area contributed by atoms with E-state index in [9.17, 15) is 0 Å². The maximum atomic E-state index is 5.95. The van der Waals surface area contributed by atoms with Crippen LogP contribution >= 0.6 is 11.6 Å². The minimum Gasteiger partial charge on any atom is -0.459 e. The fourth-order valence-electron chi connectivity index (χ4n) is 1.04. The Morgan fingerprint density at radius 1 is 1.57 bits per heavy atom. The fourth-order valence-corrected chi connectivity index (χ4v) is 1.13. The molecule has 2 aromatic rings. The first-order valence-corrected chi connectivity index (χ1v) is 4.76. The van der Waals surface area contributed by atoms with Crippen molar-refractivity contribution in [2.24, 2.45) is 0 Å². The third-order valence-corrected chi connectivity index (χ3v) is 2.32. The van der Waals surface area contributed by atoms with Crippen LogP contribution in [0.1, 0.15) is 24.5 Å². The molecule has 0 aliphatic carbocycles. The number of nitrogens with zero attached hydrogens (tertiary/aromatic N) is 2. The summed E-state index contributed by atoms with van der Waals surface area (Å²) >= 11 is 5.95. The molecule has 0 N–H and O–H groups in total. The van der Waals surface area contributed by atoms with Gasteiger partial charge in [-0.1, -0.05) is 12.1 Å². The first-order chi connectivity index (χ1) is 6.81. The first-order valence-electron chi connectivity index (χ1n) is 4.32. The first kappa shape index (κ1) is 9.27. The van der Waals surface area contributed by atoms with Crippen LogP contribution in [0.15, 0.2) is 27.3 Å². The van der Waals surface area contributed by atoms with Crippen molar-refractivity contribution in [1.82, 2.24) is 10.1 Å². The quantitative estimate of drug-likeness (QED) is 0.734. The Kier molecular flexibility index (Phi) is 2.54. The number of hydrogen-bond donors (Lipinski definition) is 0. The van der Waals surface area contributed by atoms with Gasteiger partial charge in [0.15, 0.2) is 11.6 Å². The maximum absolute atomic E-state index is 5.95. The van der Waals surface area contributed by atoms with Crippen molar-refractivity contribution in [3.63, 3.8) is 0 Å². The van der Waals surface area contributed by atoms with Gasteiger partial charge >= 0.3 is 0 Å². The van der Waals surface area contributed by atoms with E-state index in [4.69, 9.17) is 20.5 Å². The molecular weight excluding hydrogens is 204 g/mol. The molecule has 74 valence electrons. The molecule has 4 nitrogen and oxygen atoms in total. The highest BCUT2D eigenvalue weighted by Gasteiger charge is 2.15. The minimum atomic E-state index is -0.206. The zero-order chi connectivity index (χ0) is 9.97. The zero-order valence-electron chi connectivity index (χ0n) is 7.61. The van der Waals surface area contributed by atoms with Gasteiger partial charge in [0.05, 0.1) is 11.6 Å². The van der Waals surface area contributed by atoms with Crippen LogP contribution in [0.2, 0.25) is 0 Å². The molecule has 0 aliphatic heterocycles. The van der Waals surface area contributed by atoms with E-state index in [-0.39, 0.29) is 5.38 Å². The molecule has 1 unspecified atom stereocenters. The van der Waals surface area contributed by atoms with E-state index in [1.54, 1.807) is 18.4 Å². The van der Waals surface area contributed by atoms with E-state index < -0.39 is 0 Å². The number of furan rings is 1. The van der Waals surface area contributed by atoms with Gasteiger partial charge in [-0.2, -0.15) is 4.98 Å². The van der Waals surface area contributed by atoms with Crippen molar-refractivity contribution >= 4 is 11.6 Å². The second kappa shape index (κ2) is 3.84. The standard InChI is InChI=1S/C9H9ClN2O2/c1-2-6(10)8-11-9(14-12-8)7-4-3-5-13-7/h3-6H,2H2,1H3. The van der Waals surface area contributed by atoms with Gasteiger partial charge < -0.3 is 8.94 Å². The van der Waals surface area contributed by atoms with Crippen LogP contribution in [0, 0.1) is 0 Å². The third kappa shape index (κ3) is 1.65. The monoisotopic (exact) mass is 212 g/mol. The largest absolute Gasteiger partial charge is 0.459 e. The van der Waals surface area contributed by atoms with Gasteiger partial charge in [0.2, 0.25) is 0 Å². The molecular formula is C9H9ClN2O2. The van der Waals surface area contributed by atoms with E-state index in [0.717, 1.165) is 6.42 Å². The van der Waals surface area contributed by atoms with Crippen molar-refractivity contribution in [2.45, 2.75) is 18.7 Å². The molecule has 0 aliphatic rings. The molecule has 0 spiro atoms. The predicted octanol–water partition coefficient (Wildman–Crippen LogP) is 3.02. The fraction of sp³-hybridized carbons (Fsp3) is 0.333. The summed E-state index contributed by atoms with van der Waals surface area (Å²) in [6.07, 6.45) is 2.32. The number of aromatic nitrogens is 2. The van der Waals surface area contributed by atoms with Gasteiger partial charge in [-0.05, 0) is 18.6 Å². The molecule has 2 rings (SSSR count). The van der Waals surface area contributed by atoms with E-state index in [1.165, 1.54) is 0 Å². The molecule has 2 aromatic heterocycles. The molecule has 0 aromatic carbocycles. The normalized spacial score (nSPS) is 13.0. The van der Waals surface area contributed by atoms with Crippen molar-refractivity contribution in [2.75, 3.05) is 0 Å². The molecule has 2 heterocycles. The zero-order valence-corrected chi connectivity index (χ0v) is 8.36. The summed E-state index contributed by atoms with van der Waals surface area (Å²) in [5.74, 6) is 1.42.